The third kappa shape index (κ3) is 1.89. The second-order valence-corrected chi connectivity index (χ2v) is 4.80. The largest absolute Gasteiger partial charge is 0.508 e. The van der Waals surface area contributed by atoms with E-state index >= 15 is 0 Å². The highest BCUT2D eigenvalue weighted by atomic mass is 16.3. The van der Waals surface area contributed by atoms with Crippen LogP contribution in [0, 0.1) is 0 Å². The minimum atomic E-state index is 0.0594. The minimum Gasteiger partial charge on any atom is -0.508 e. The Morgan fingerprint density at radius 2 is 2.35 bits per heavy atom. The maximum absolute atomic E-state index is 11.9. The van der Waals surface area contributed by atoms with Gasteiger partial charge in [0.1, 0.15) is 5.75 Å². The average Bonchev–Trinajstić information content (AvgIpc) is 2.88. The molecule has 0 radical (unpaired) electrons. The number of carbonyl (C=O) groups is 1. The van der Waals surface area contributed by atoms with Crippen LogP contribution in [0.2, 0.25) is 0 Å². The molecule has 2 aliphatic rings. The van der Waals surface area contributed by atoms with E-state index in [2.05, 4.69) is 5.32 Å². The van der Waals surface area contributed by atoms with E-state index in [1.165, 1.54) is 0 Å². The highest BCUT2D eigenvalue weighted by Gasteiger charge is 2.43. The molecular formula is C13H16N2O2. The summed E-state index contributed by atoms with van der Waals surface area (Å²) in [6.07, 6.45) is 1.77. The molecule has 2 atom stereocenters. The molecule has 1 amide bonds. The lowest BCUT2D eigenvalue weighted by atomic mass is 10.1. The molecule has 17 heavy (non-hydrogen) atoms. The van der Waals surface area contributed by atoms with Gasteiger partial charge in [-0.15, -0.1) is 0 Å². The van der Waals surface area contributed by atoms with Crippen LogP contribution in [0.5, 0.6) is 5.75 Å². The average molecular weight is 232 g/mol. The van der Waals surface area contributed by atoms with Gasteiger partial charge < -0.3 is 15.3 Å². The Morgan fingerprint density at radius 1 is 1.47 bits per heavy atom. The standard InChI is InChI=1S/C13H16N2O2/c16-11-3-1-2-9(6-11)4-5-15-10-7-12(13(15)17)14-8-10/h1-3,6,10,12,14,16H,4-5,7-8H2. The number of hydrogen-bond donors (Lipinski definition) is 2. The lowest BCUT2D eigenvalue weighted by Crippen LogP contribution is -2.48. The molecule has 2 saturated heterocycles. The van der Waals surface area contributed by atoms with Gasteiger partial charge in [0.2, 0.25) is 5.91 Å². The van der Waals surface area contributed by atoms with Crippen LogP contribution in [0.15, 0.2) is 24.3 Å². The summed E-state index contributed by atoms with van der Waals surface area (Å²) in [5, 5.41) is 12.6. The van der Waals surface area contributed by atoms with Crippen molar-refractivity contribution in [2.75, 3.05) is 13.1 Å². The number of likely N-dealkylation sites (tertiary alicyclic amines) is 1. The number of rotatable bonds is 3. The quantitative estimate of drug-likeness (QED) is 0.798. The van der Waals surface area contributed by atoms with Gasteiger partial charge in [-0.2, -0.15) is 0 Å². The first-order valence-electron chi connectivity index (χ1n) is 6.06. The maximum Gasteiger partial charge on any atom is 0.240 e. The highest BCUT2D eigenvalue weighted by molar-refractivity contribution is 5.85. The molecule has 2 aliphatic heterocycles. The monoisotopic (exact) mass is 232 g/mol. The molecule has 2 heterocycles. The number of nitrogens with zero attached hydrogens (tertiary/aromatic N) is 1. The molecule has 3 rings (SSSR count). The van der Waals surface area contributed by atoms with Gasteiger partial charge in [-0.25, -0.2) is 0 Å². The summed E-state index contributed by atoms with van der Waals surface area (Å²) in [5.41, 5.74) is 1.08. The zero-order valence-electron chi connectivity index (χ0n) is 9.60. The van der Waals surface area contributed by atoms with Crippen molar-refractivity contribution >= 4 is 5.91 Å². The third-order valence-corrected chi connectivity index (χ3v) is 3.68. The topological polar surface area (TPSA) is 52.6 Å². The van der Waals surface area contributed by atoms with E-state index in [1.54, 1.807) is 12.1 Å². The first-order valence-corrected chi connectivity index (χ1v) is 6.06. The summed E-state index contributed by atoms with van der Waals surface area (Å²) >= 11 is 0. The number of phenols is 1. The molecule has 2 N–H and O–H groups in total. The molecule has 0 aromatic heterocycles. The smallest absolute Gasteiger partial charge is 0.240 e. The maximum atomic E-state index is 11.9. The zero-order chi connectivity index (χ0) is 11.8. The molecular weight excluding hydrogens is 216 g/mol. The minimum absolute atomic E-state index is 0.0594. The van der Waals surface area contributed by atoms with Gasteiger partial charge in [0.25, 0.3) is 0 Å². The summed E-state index contributed by atoms with van der Waals surface area (Å²) in [4.78, 5) is 13.8. The number of nitrogens with one attached hydrogen (secondary N) is 1. The number of benzene rings is 1. The summed E-state index contributed by atoms with van der Waals surface area (Å²) in [5.74, 6) is 0.528. The van der Waals surface area contributed by atoms with Crippen molar-refractivity contribution in [1.82, 2.24) is 10.2 Å². The summed E-state index contributed by atoms with van der Waals surface area (Å²) in [6.45, 7) is 1.68. The second-order valence-electron chi connectivity index (χ2n) is 4.80. The number of fused-ring (bicyclic) bond motifs is 2. The van der Waals surface area contributed by atoms with E-state index in [4.69, 9.17) is 0 Å². The van der Waals surface area contributed by atoms with E-state index in [0.29, 0.717) is 11.8 Å². The molecule has 90 valence electrons. The van der Waals surface area contributed by atoms with E-state index in [-0.39, 0.29) is 11.9 Å². The lowest BCUT2D eigenvalue weighted by Gasteiger charge is -2.27. The van der Waals surface area contributed by atoms with E-state index in [0.717, 1.165) is 31.5 Å². The molecule has 1 aromatic carbocycles. The number of aromatic hydroxyl groups is 1. The van der Waals surface area contributed by atoms with Crippen LogP contribution in [0.4, 0.5) is 0 Å². The third-order valence-electron chi connectivity index (χ3n) is 3.68. The van der Waals surface area contributed by atoms with Crippen LogP contribution in [-0.2, 0) is 11.2 Å². The van der Waals surface area contributed by atoms with E-state index in [1.807, 2.05) is 17.0 Å². The predicted octanol–water partition coefficient (Wildman–Crippen LogP) is 0.507. The van der Waals surface area contributed by atoms with Crippen molar-refractivity contribution in [3.8, 4) is 5.75 Å². The van der Waals surface area contributed by atoms with Crippen molar-refractivity contribution in [3.05, 3.63) is 29.8 Å². The number of carbonyl (C=O) groups excluding carboxylic acids is 1. The zero-order valence-corrected chi connectivity index (χ0v) is 9.60. The second kappa shape index (κ2) is 4.04. The molecule has 2 unspecified atom stereocenters. The lowest BCUT2D eigenvalue weighted by molar-refractivity contribution is -0.132. The normalized spacial score (nSPS) is 26.8. The predicted molar refractivity (Wildman–Crippen MR) is 63.7 cm³/mol. The molecule has 0 spiro atoms. The van der Waals surface area contributed by atoms with Crippen molar-refractivity contribution in [3.63, 3.8) is 0 Å². The number of phenolic OH excluding ortho intramolecular Hbond substituents is 1. The summed E-state index contributed by atoms with van der Waals surface area (Å²) in [6, 6.07) is 7.68. The molecule has 1 aromatic rings. The fraction of sp³-hybridized carbons (Fsp3) is 0.462. The van der Waals surface area contributed by atoms with E-state index in [9.17, 15) is 9.90 Å². The Hall–Kier alpha value is -1.55. The first kappa shape index (κ1) is 10.6. The van der Waals surface area contributed by atoms with Crippen LogP contribution < -0.4 is 5.32 Å². The fourth-order valence-corrected chi connectivity index (χ4v) is 2.78. The van der Waals surface area contributed by atoms with Gasteiger partial charge in [0.05, 0.1) is 6.04 Å². The highest BCUT2D eigenvalue weighted by Crippen LogP contribution is 2.24. The van der Waals surface area contributed by atoms with Crippen molar-refractivity contribution in [2.24, 2.45) is 0 Å². The Kier molecular flexibility index (Phi) is 2.52. The molecule has 2 bridgehead atoms. The molecule has 0 saturated carbocycles. The van der Waals surface area contributed by atoms with Crippen LogP contribution >= 0.6 is 0 Å². The van der Waals surface area contributed by atoms with Gasteiger partial charge >= 0.3 is 0 Å². The van der Waals surface area contributed by atoms with E-state index < -0.39 is 0 Å². The molecule has 0 aliphatic carbocycles. The van der Waals surface area contributed by atoms with Gasteiger partial charge in [0.15, 0.2) is 0 Å². The van der Waals surface area contributed by atoms with Crippen LogP contribution in [0.25, 0.3) is 0 Å². The van der Waals surface area contributed by atoms with Crippen molar-refractivity contribution < 1.29 is 9.90 Å². The number of hydrogen-bond acceptors (Lipinski definition) is 3. The van der Waals surface area contributed by atoms with Crippen LogP contribution in [-0.4, -0.2) is 41.1 Å². The molecule has 2 fully saturated rings. The van der Waals surface area contributed by atoms with Gasteiger partial charge in [-0.3, -0.25) is 4.79 Å². The SMILES string of the molecule is O=C1C2CC(CN2)N1CCc1cccc(O)c1. The Labute approximate surface area is 100 Å². The fourth-order valence-electron chi connectivity index (χ4n) is 2.78. The molecule has 4 heteroatoms. The van der Waals surface area contributed by atoms with Crippen molar-refractivity contribution in [1.29, 1.82) is 0 Å². The van der Waals surface area contributed by atoms with Crippen LogP contribution in [0.3, 0.4) is 0 Å². The van der Waals surface area contributed by atoms with Crippen LogP contribution in [0.1, 0.15) is 12.0 Å². The molecule has 4 nitrogen and oxygen atoms in total. The Morgan fingerprint density at radius 3 is 3.06 bits per heavy atom. The summed E-state index contributed by atoms with van der Waals surface area (Å²) in [7, 11) is 0. The Bertz CT molecular complexity index is 447. The van der Waals surface area contributed by atoms with Gasteiger partial charge in [-0.05, 0) is 30.5 Å². The van der Waals surface area contributed by atoms with Gasteiger partial charge in [-0.1, -0.05) is 12.1 Å². The number of piperazine rings is 1. The Balaban J connectivity index is 1.63. The first-order chi connectivity index (χ1) is 8.24. The van der Waals surface area contributed by atoms with Gasteiger partial charge in [0, 0.05) is 19.1 Å². The van der Waals surface area contributed by atoms with Crippen molar-refractivity contribution in [2.45, 2.75) is 24.9 Å². The summed E-state index contributed by atoms with van der Waals surface area (Å²) < 4.78 is 0. The number of amides is 1.